The highest BCUT2D eigenvalue weighted by atomic mass is 35.5. The molecule has 0 saturated heterocycles. The number of thiophene rings is 1. The summed E-state index contributed by atoms with van der Waals surface area (Å²) in [6, 6.07) is 7.38. The second-order valence-electron chi connectivity index (χ2n) is 3.03. The maximum atomic E-state index is 5.62. The predicted octanol–water partition coefficient (Wildman–Crippen LogP) is 3.03. The van der Waals surface area contributed by atoms with Crippen LogP contribution in [-0.2, 0) is 0 Å². The molecule has 1 N–H and O–H groups in total. The van der Waals surface area contributed by atoms with Crippen LogP contribution in [0.25, 0.3) is 0 Å². The fraction of sp³-hybridized carbons (Fsp3) is 0.100. The topological polar surface area (TPSA) is 50.2 Å². The molecule has 0 amide bonds. The van der Waals surface area contributed by atoms with E-state index in [1.54, 1.807) is 23.5 Å². The maximum absolute atomic E-state index is 5.62. The molecule has 0 bridgehead atoms. The summed E-state index contributed by atoms with van der Waals surface area (Å²) in [5.74, 6) is 0.570. The molecule has 82 valence electrons. The van der Waals surface area contributed by atoms with Gasteiger partial charge in [0.15, 0.2) is 11.0 Å². The van der Waals surface area contributed by atoms with Crippen molar-refractivity contribution in [1.29, 1.82) is 0 Å². The number of hydrazone groups is 1. The van der Waals surface area contributed by atoms with Crippen molar-refractivity contribution >= 4 is 34.5 Å². The van der Waals surface area contributed by atoms with E-state index in [-0.39, 0.29) is 0 Å². The molecule has 0 unspecified atom stereocenters. The van der Waals surface area contributed by atoms with Crippen LogP contribution in [0.1, 0.15) is 11.8 Å². The van der Waals surface area contributed by atoms with E-state index in [0.717, 1.165) is 10.6 Å². The maximum Gasteiger partial charge on any atom is 0.168 e. The third kappa shape index (κ3) is 2.77. The Morgan fingerprint density at radius 2 is 2.25 bits per heavy atom. The Kier molecular flexibility index (Phi) is 3.48. The first-order chi connectivity index (χ1) is 7.75. The largest absolute Gasteiger partial charge is 0.260 e. The Labute approximate surface area is 102 Å². The number of hydrogen-bond acceptors (Lipinski definition) is 5. The number of hydrogen-bond donors (Lipinski definition) is 1. The summed E-state index contributed by atoms with van der Waals surface area (Å²) in [7, 11) is 0. The van der Waals surface area contributed by atoms with Crippen molar-refractivity contribution in [3.8, 4) is 0 Å². The van der Waals surface area contributed by atoms with Crippen molar-refractivity contribution in [2.24, 2.45) is 5.10 Å². The van der Waals surface area contributed by atoms with Crippen LogP contribution in [0.2, 0.25) is 5.15 Å². The van der Waals surface area contributed by atoms with Gasteiger partial charge in [-0.2, -0.15) is 5.10 Å². The Bertz CT molecular complexity index is 478. The highest BCUT2D eigenvalue weighted by Crippen LogP contribution is 2.11. The predicted molar refractivity (Wildman–Crippen MR) is 67.2 cm³/mol. The molecule has 6 heteroatoms. The zero-order valence-corrected chi connectivity index (χ0v) is 10.1. The van der Waals surface area contributed by atoms with Crippen molar-refractivity contribution in [1.82, 2.24) is 10.2 Å². The van der Waals surface area contributed by atoms with Gasteiger partial charge in [-0.05, 0) is 30.5 Å². The second kappa shape index (κ2) is 5.05. The van der Waals surface area contributed by atoms with Crippen molar-refractivity contribution < 1.29 is 0 Å². The van der Waals surface area contributed by atoms with E-state index in [1.807, 2.05) is 24.4 Å². The van der Waals surface area contributed by atoms with Crippen LogP contribution < -0.4 is 5.43 Å². The average Bonchev–Trinajstić information content (AvgIpc) is 2.81. The van der Waals surface area contributed by atoms with E-state index >= 15 is 0 Å². The van der Waals surface area contributed by atoms with E-state index in [4.69, 9.17) is 11.6 Å². The van der Waals surface area contributed by atoms with Crippen LogP contribution in [0.3, 0.4) is 0 Å². The van der Waals surface area contributed by atoms with Gasteiger partial charge in [-0.1, -0.05) is 17.7 Å². The summed E-state index contributed by atoms with van der Waals surface area (Å²) in [6.45, 7) is 1.93. The summed E-state index contributed by atoms with van der Waals surface area (Å²) in [5.41, 5.74) is 3.73. The average molecular weight is 253 g/mol. The van der Waals surface area contributed by atoms with Crippen LogP contribution in [-0.4, -0.2) is 15.9 Å². The lowest BCUT2D eigenvalue weighted by Gasteiger charge is -1.99. The van der Waals surface area contributed by atoms with Gasteiger partial charge < -0.3 is 0 Å². The van der Waals surface area contributed by atoms with Crippen molar-refractivity contribution in [3.63, 3.8) is 0 Å². The highest BCUT2D eigenvalue weighted by molar-refractivity contribution is 7.12. The summed E-state index contributed by atoms with van der Waals surface area (Å²) >= 11 is 7.26. The second-order valence-corrected chi connectivity index (χ2v) is 4.36. The fourth-order valence-electron chi connectivity index (χ4n) is 1.06. The molecule has 2 rings (SSSR count). The minimum atomic E-state index is 0.365. The minimum absolute atomic E-state index is 0.365. The van der Waals surface area contributed by atoms with Gasteiger partial charge >= 0.3 is 0 Å². The molecule has 0 aromatic carbocycles. The molecule has 2 aromatic heterocycles. The summed E-state index contributed by atoms with van der Waals surface area (Å²) in [4.78, 5) is 1.12. The van der Waals surface area contributed by atoms with Crippen LogP contribution in [0.5, 0.6) is 0 Å². The van der Waals surface area contributed by atoms with Gasteiger partial charge in [-0.3, -0.25) is 5.43 Å². The molecule has 0 aliphatic rings. The molecule has 4 nitrogen and oxygen atoms in total. The number of halogens is 1. The zero-order valence-electron chi connectivity index (χ0n) is 8.51. The fourth-order valence-corrected chi connectivity index (χ4v) is 1.83. The Hall–Kier alpha value is -1.46. The number of anilines is 1. The molecular weight excluding hydrogens is 244 g/mol. The van der Waals surface area contributed by atoms with Gasteiger partial charge in [0.1, 0.15) is 0 Å². The Morgan fingerprint density at radius 1 is 1.38 bits per heavy atom. The summed E-state index contributed by atoms with van der Waals surface area (Å²) in [5, 5.41) is 14.1. The van der Waals surface area contributed by atoms with E-state index in [2.05, 4.69) is 20.7 Å². The van der Waals surface area contributed by atoms with Crippen LogP contribution >= 0.6 is 22.9 Å². The third-order valence-corrected chi connectivity index (χ3v) is 3.03. The molecule has 0 aliphatic heterocycles. The minimum Gasteiger partial charge on any atom is -0.260 e. The van der Waals surface area contributed by atoms with E-state index < -0.39 is 0 Å². The molecule has 0 saturated carbocycles. The van der Waals surface area contributed by atoms with Crippen LogP contribution in [0.15, 0.2) is 34.7 Å². The zero-order chi connectivity index (χ0) is 11.4. The van der Waals surface area contributed by atoms with Crippen molar-refractivity contribution in [2.75, 3.05) is 5.43 Å². The molecule has 0 spiro atoms. The first-order valence-corrected chi connectivity index (χ1v) is 5.85. The molecule has 2 aromatic rings. The normalized spacial score (nSPS) is 11.5. The van der Waals surface area contributed by atoms with E-state index in [0.29, 0.717) is 11.0 Å². The van der Waals surface area contributed by atoms with Gasteiger partial charge in [-0.15, -0.1) is 21.5 Å². The monoisotopic (exact) mass is 252 g/mol. The number of nitrogens with zero attached hydrogens (tertiary/aromatic N) is 3. The van der Waals surface area contributed by atoms with Gasteiger partial charge in [0, 0.05) is 4.88 Å². The Balaban J connectivity index is 2.06. The van der Waals surface area contributed by atoms with Crippen LogP contribution in [0, 0.1) is 0 Å². The first kappa shape index (κ1) is 11.0. The number of aromatic nitrogens is 2. The SMILES string of the molecule is C/C(=N\Nc1ccc(Cl)nn1)c1cccs1. The Morgan fingerprint density at radius 3 is 2.88 bits per heavy atom. The first-order valence-electron chi connectivity index (χ1n) is 4.59. The van der Waals surface area contributed by atoms with Gasteiger partial charge in [-0.25, -0.2) is 0 Å². The molecule has 16 heavy (non-hydrogen) atoms. The van der Waals surface area contributed by atoms with E-state index in [9.17, 15) is 0 Å². The summed E-state index contributed by atoms with van der Waals surface area (Å²) in [6.07, 6.45) is 0. The smallest absolute Gasteiger partial charge is 0.168 e. The molecule has 0 aliphatic carbocycles. The van der Waals surface area contributed by atoms with Crippen molar-refractivity contribution in [2.45, 2.75) is 6.92 Å². The quantitative estimate of drug-likeness (QED) is 0.675. The molecule has 2 heterocycles. The van der Waals surface area contributed by atoms with Gasteiger partial charge in [0.25, 0.3) is 0 Å². The molecular formula is C10H9ClN4S. The standard InChI is InChI=1S/C10H9ClN4S/c1-7(8-3-2-6-16-8)12-14-10-5-4-9(11)13-15-10/h2-6H,1H3,(H,14,15)/b12-7+. The summed E-state index contributed by atoms with van der Waals surface area (Å²) < 4.78 is 0. The lowest BCUT2D eigenvalue weighted by molar-refractivity contribution is 1.02. The third-order valence-electron chi connectivity index (χ3n) is 1.85. The molecule has 0 radical (unpaired) electrons. The van der Waals surface area contributed by atoms with Gasteiger partial charge in [0.2, 0.25) is 0 Å². The molecule has 0 fully saturated rings. The van der Waals surface area contributed by atoms with Crippen LogP contribution in [0.4, 0.5) is 5.82 Å². The van der Waals surface area contributed by atoms with Crippen molar-refractivity contribution in [3.05, 3.63) is 39.7 Å². The van der Waals surface area contributed by atoms with Gasteiger partial charge in [0.05, 0.1) is 5.71 Å². The lowest BCUT2D eigenvalue weighted by atomic mass is 10.3. The lowest BCUT2D eigenvalue weighted by Crippen LogP contribution is -1.99. The van der Waals surface area contributed by atoms with E-state index in [1.165, 1.54) is 0 Å². The molecule has 0 atom stereocenters. The number of rotatable bonds is 3. The highest BCUT2D eigenvalue weighted by Gasteiger charge is 1.98. The number of nitrogens with one attached hydrogen (secondary N) is 1.